The summed E-state index contributed by atoms with van der Waals surface area (Å²) in [6, 6.07) is 0. The van der Waals surface area contributed by atoms with E-state index in [1.807, 2.05) is 0 Å². The average molecular weight is 847 g/mol. The van der Waals surface area contributed by atoms with Crippen LogP contribution >= 0.6 is 0 Å². The van der Waals surface area contributed by atoms with Crippen LogP contribution in [0.15, 0.2) is 12.2 Å². The Morgan fingerprint density at radius 2 is 0.550 bits per heavy atom. The van der Waals surface area contributed by atoms with Crippen LogP contribution < -0.4 is 0 Å². The number of unbranched alkanes of at least 4 members (excludes halogenated alkanes) is 36. The van der Waals surface area contributed by atoms with Crippen molar-refractivity contribution < 1.29 is 28.6 Å². The summed E-state index contributed by atoms with van der Waals surface area (Å²) in [5.41, 5.74) is 0. The maximum Gasteiger partial charge on any atom is 0.306 e. The highest BCUT2D eigenvalue weighted by atomic mass is 16.6. The van der Waals surface area contributed by atoms with Crippen LogP contribution in [0.2, 0.25) is 0 Å². The third kappa shape index (κ3) is 47.2. The van der Waals surface area contributed by atoms with Crippen LogP contribution in [-0.4, -0.2) is 37.2 Å². The summed E-state index contributed by atoms with van der Waals surface area (Å²) >= 11 is 0. The first-order valence-electron chi connectivity index (χ1n) is 26.7. The molecule has 6 heteroatoms. The van der Waals surface area contributed by atoms with Crippen molar-refractivity contribution in [1.82, 2.24) is 0 Å². The quantitative estimate of drug-likeness (QED) is 0.0263. The molecule has 0 fully saturated rings. The van der Waals surface area contributed by atoms with E-state index in [4.69, 9.17) is 14.2 Å². The summed E-state index contributed by atoms with van der Waals surface area (Å²) < 4.78 is 16.8. The van der Waals surface area contributed by atoms with Crippen molar-refractivity contribution in [3.8, 4) is 0 Å². The molecule has 0 heterocycles. The lowest BCUT2D eigenvalue weighted by Crippen LogP contribution is -2.30. The van der Waals surface area contributed by atoms with Crippen LogP contribution in [0.25, 0.3) is 0 Å². The smallest absolute Gasteiger partial charge is 0.306 e. The van der Waals surface area contributed by atoms with E-state index in [0.717, 1.165) is 57.8 Å². The monoisotopic (exact) mass is 847 g/mol. The van der Waals surface area contributed by atoms with E-state index in [1.165, 1.54) is 199 Å². The van der Waals surface area contributed by atoms with Crippen LogP contribution in [0.4, 0.5) is 0 Å². The number of carbonyl (C=O) groups is 3. The first kappa shape index (κ1) is 58.1. The third-order valence-electron chi connectivity index (χ3n) is 12.0. The maximum atomic E-state index is 12.8. The lowest BCUT2D eigenvalue weighted by atomic mass is 10.0. The van der Waals surface area contributed by atoms with Gasteiger partial charge in [0.05, 0.1) is 0 Å². The van der Waals surface area contributed by atoms with Gasteiger partial charge in [-0.25, -0.2) is 0 Å². The van der Waals surface area contributed by atoms with Gasteiger partial charge in [-0.1, -0.05) is 245 Å². The molecule has 0 aromatic rings. The minimum atomic E-state index is -0.763. The summed E-state index contributed by atoms with van der Waals surface area (Å²) in [5, 5.41) is 0. The van der Waals surface area contributed by atoms with Crippen molar-refractivity contribution in [3.63, 3.8) is 0 Å². The van der Waals surface area contributed by atoms with Crippen LogP contribution in [0.5, 0.6) is 0 Å². The van der Waals surface area contributed by atoms with E-state index in [-0.39, 0.29) is 31.1 Å². The highest BCUT2D eigenvalue weighted by Gasteiger charge is 2.19. The summed E-state index contributed by atoms with van der Waals surface area (Å²) in [7, 11) is 0. The van der Waals surface area contributed by atoms with E-state index in [2.05, 4.69) is 32.9 Å². The number of carbonyl (C=O) groups excluding carboxylic acids is 3. The maximum absolute atomic E-state index is 12.8. The van der Waals surface area contributed by atoms with E-state index < -0.39 is 6.10 Å². The van der Waals surface area contributed by atoms with Crippen LogP contribution in [0, 0.1) is 0 Å². The zero-order valence-electron chi connectivity index (χ0n) is 40.5. The molecular formula is C54H102O6. The number of ether oxygens (including phenoxy) is 3. The van der Waals surface area contributed by atoms with E-state index >= 15 is 0 Å². The van der Waals surface area contributed by atoms with Crippen molar-refractivity contribution >= 4 is 17.9 Å². The Morgan fingerprint density at radius 1 is 0.317 bits per heavy atom. The molecule has 0 aromatic heterocycles. The number of allylic oxidation sites excluding steroid dienone is 2. The fourth-order valence-corrected chi connectivity index (χ4v) is 7.97. The molecule has 354 valence electrons. The van der Waals surface area contributed by atoms with Gasteiger partial charge in [0.1, 0.15) is 13.2 Å². The second-order valence-electron chi connectivity index (χ2n) is 18.2. The fraction of sp³-hybridized carbons (Fsp3) is 0.907. The van der Waals surface area contributed by atoms with Gasteiger partial charge in [-0.2, -0.15) is 0 Å². The molecule has 60 heavy (non-hydrogen) atoms. The van der Waals surface area contributed by atoms with Gasteiger partial charge in [-0.3, -0.25) is 14.4 Å². The Hall–Kier alpha value is -1.85. The summed E-state index contributed by atoms with van der Waals surface area (Å²) in [6.45, 7) is 6.66. The Labute approximate surface area is 373 Å². The molecule has 6 nitrogen and oxygen atoms in total. The SMILES string of the molecule is CCCCCCCC/C=C\CCCCCCCCCCCC(=O)OC[C@H](COC(=O)CCCCCCCCCCCCC)OC(=O)CCCCCCCCCCCCCC. The normalized spacial score (nSPS) is 12.0. The van der Waals surface area contributed by atoms with Gasteiger partial charge in [-0.15, -0.1) is 0 Å². The Morgan fingerprint density at radius 3 is 0.833 bits per heavy atom. The van der Waals surface area contributed by atoms with Gasteiger partial charge in [-0.05, 0) is 44.9 Å². The molecule has 0 radical (unpaired) electrons. The summed E-state index contributed by atoms with van der Waals surface area (Å²) in [4.78, 5) is 37.9. The molecule has 1 atom stereocenters. The molecule has 0 saturated carbocycles. The summed E-state index contributed by atoms with van der Waals surface area (Å²) in [5.74, 6) is -0.851. The van der Waals surface area contributed by atoms with Crippen molar-refractivity contribution in [2.75, 3.05) is 13.2 Å². The molecule has 0 aromatic carbocycles. The molecule has 0 aliphatic heterocycles. The average Bonchev–Trinajstić information content (AvgIpc) is 3.24. The second kappa shape index (κ2) is 49.8. The van der Waals surface area contributed by atoms with Crippen molar-refractivity contribution in [3.05, 3.63) is 12.2 Å². The first-order chi connectivity index (χ1) is 29.5. The van der Waals surface area contributed by atoms with E-state index in [9.17, 15) is 14.4 Å². The van der Waals surface area contributed by atoms with Gasteiger partial charge in [0, 0.05) is 19.3 Å². The summed E-state index contributed by atoms with van der Waals surface area (Å²) in [6.07, 6.45) is 54.8. The van der Waals surface area contributed by atoms with E-state index in [0.29, 0.717) is 19.3 Å². The number of hydrogen-bond acceptors (Lipinski definition) is 6. The van der Waals surface area contributed by atoms with Crippen molar-refractivity contribution in [1.29, 1.82) is 0 Å². The second-order valence-corrected chi connectivity index (χ2v) is 18.2. The predicted molar refractivity (Wildman–Crippen MR) is 256 cm³/mol. The predicted octanol–water partition coefficient (Wildman–Crippen LogP) is 17.4. The van der Waals surface area contributed by atoms with Gasteiger partial charge in [0.15, 0.2) is 6.10 Å². The van der Waals surface area contributed by atoms with Gasteiger partial charge < -0.3 is 14.2 Å². The molecule has 0 amide bonds. The van der Waals surface area contributed by atoms with Crippen LogP contribution in [-0.2, 0) is 28.6 Å². The molecule has 0 N–H and O–H groups in total. The highest BCUT2D eigenvalue weighted by Crippen LogP contribution is 2.16. The largest absolute Gasteiger partial charge is 0.462 e. The molecular weight excluding hydrogens is 745 g/mol. The number of hydrogen-bond donors (Lipinski definition) is 0. The molecule has 0 bridgehead atoms. The molecule has 0 unspecified atom stereocenters. The molecule has 0 rings (SSSR count). The zero-order valence-corrected chi connectivity index (χ0v) is 40.5. The zero-order chi connectivity index (χ0) is 43.7. The van der Waals surface area contributed by atoms with Gasteiger partial charge in [0.25, 0.3) is 0 Å². The highest BCUT2D eigenvalue weighted by molar-refractivity contribution is 5.71. The van der Waals surface area contributed by atoms with Crippen molar-refractivity contribution in [2.24, 2.45) is 0 Å². The number of rotatable bonds is 49. The molecule has 0 spiro atoms. The minimum absolute atomic E-state index is 0.0652. The van der Waals surface area contributed by atoms with Crippen LogP contribution in [0.3, 0.4) is 0 Å². The third-order valence-corrected chi connectivity index (χ3v) is 12.0. The van der Waals surface area contributed by atoms with Gasteiger partial charge >= 0.3 is 17.9 Å². The van der Waals surface area contributed by atoms with Crippen molar-refractivity contribution in [2.45, 2.75) is 303 Å². The lowest BCUT2D eigenvalue weighted by Gasteiger charge is -2.18. The lowest BCUT2D eigenvalue weighted by molar-refractivity contribution is -0.167. The van der Waals surface area contributed by atoms with E-state index in [1.54, 1.807) is 0 Å². The Balaban J connectivity index is 4.26. The van der Waals surface area contributed by atoms with Crippen LogP contribution in [0.1, 0.15) is 297 Å². The molecule has 0 aliphatic carbocycles. The minimum Gasteiger partial charge on any atom is -0.462 e. The fourth-order valence-electron chi connectivity index (χ4n) is 7.97. The van der Waals surface area contributed by atoms with Gasteiger partial charge in [0.2, 0.25) is 0 Å². The molecule has 0 aliphatic rings. The molecule has 0 saturated heterocycles. The Kier molecular flexibility index (Phi) is 48.3. The topological polar surface area (TPSA) is 78.9 Å². The first-order valence-corrected chi connectivity index (χ1v) is 26.7. The standard InChI is InChI=1S/C54H102O6/c1-4-7-10-13-16-19-22-24-25-26-27-28-29-30-33-35-38-41-44-47-53(56)59-50-51(49-58-52(55)46-43-40-37-34-31-21-18-15-12-9-6-3)60-54(57)48-45-42-39-36-32-23-20-17-14-11-8-5-2/h24-25,51H,4-23,26-50H2,1-3H3/b25-24-/t51-/m0/s1. The number of esters is 3. The Bertz CT molecular complexity index is 931.